The largest absolute Gasteiger partial charge is 0.458 e. The van der Waals surface area contributed by atoms with Crippen LogP contribution in [0.4, 0.5) is 51.2 Å². The molecular weight excluding hydrogens is 1290 g/mol. The first kappa shape index (κ1) is 65.0. The molecule has 14 aromatic rings. The van der Waals surface area contributed by atoms with E-state index in [0.717, 1.165) is 73.8 Å². The molecule has 0 aromatic heterocycles. The van der Waals surface area contributed by atoms with Gasteiger partial charge in [-0.05, 0) is 222 Å². The lowest BCUT2D eigenvalue weighted by Gasteiger charge is -2.47. The lowest BCUT2D eigenvalue weighted by atomic mass is 9.30. The number of anilines is 9. The molecule has 0 saturated carbocycles. The SMILES string of the molecule is CC(C)(C)c1cccc(N2c3cc4c(cc3B3c5ccccc5Oc5cc(C(C)(C)C)cc2c53)B2c3ccccc3N(c3ccc(C(C)(C)C)cc3-c3ccccc3)c3cc(-c5cccc6c5C5(c7ccccc7-c7ccccc75)c5ccccc5-6)cc(c32)N4c2ccc(C(C)(C)C)cc2-c2ccccc2)c1. The lowest BCUT2D eigenvalue weighted by molar-refractivity contribution is 0.483. The first-order valence-electron chi connectivity index (χ1n) is 38.4. The van der Waals surface area contributed by atoms with E-state index in [4.69, 9.17) is 4.74 Å². The molecule has 0 bridgehead atoms. The lowest BCUT2D eigenvalue weighted by Crippen LogP contribution is -2.64. The average Bonchev–Trinajstić information content (AvgIpc) is 1.63. The van der Waals surface area contributed by atoms with Crippen LogP contribution in [0.15, 0.2) is 297 Å². The Morgan fingerprint density at radius 3 is 1.28 bits per heavy atom. The number of rotatable bonds is 6. The Kier molecular flexibility index (Phi) is 14.1. The summed E-state index contributed by atoms with van der Waals surface area (Å²) in [5, 5.41) is 0. The number of ether oxygens (including phenoxy) is 1. The summed E-state index contributed by atoms with van der Waals surface area (Å²) >= 11 is 0. The van der Waals surface area contributed by atoms with E-state index in [9.17, 15) is 0 Å². The maximum absolute atomic E-state index is 7.31. The van der Waals surface area contributed by atoms with E-state index in [0.29, 0.717) is 0 Å². The molecular formula is C101H85B2N3O. The number of benzene rings is 14. The smallest absolute Gasteiger partial charge is 0.256 e. The average molecular weight is 1380 g/mol. The Hall–Kier alpha value is -11.6. The molecule has 1 spiro atoms. The van der Waals surface area contributed by atoms with Crippen LogP contribution in [0, 0.1) is 0 Å². The highest BCUT2D eigenvalue weighted by molar-refractivity contribution is 7.02. The Bertz CT molecular complexity index is 6020. The van der Waals surface area contributed by atoms with Crippen molar-refractivity contribution in [3.63, 3.8) is 0 Å². The molecule has 0 atom stereocenters. The molecule has 4 aliphatic heterocycles. The molecule has 0 radical (unpaired) electrons. The Balaban J connectivity index is 0.966. The van der Waals surface area contributed by atoms with E-state index in [-0.39, 0.29) is 35.1 Å². The van der Waals surface area contributed by atoms with E-state index in [1.807, 2.05) is 0 Å². The van der Waals surface area contributed by atoms with Gasteiger partial charge in [0.2, 0.25) is 0 Å². The minimum atomic E-state index is -0.630. The van der Waals surface area contributed by atoms with E-state index in [1.165, 1.54) is 122 Å². The Morgan fingerprint density at radius 1 is 0.252 bits per heavy atom. The standard InChI is InChI=1S/C101H85B2N3O/c1-97(2,3)65-35-29-36-69(55-65)104-87-61-88-83(60-82(87)103-81-46-26-28-48-92(81)107-93-59-68(100(10,11)12)58-91(104)96(93)103)102-80-45-25-27-47-86(80)105(84-51-49-66(98(4,5)6)56-75(84)62-31-15-13-16-32-62)89-53-64(54-90(95(89)102)106(88)85-52-50-67(99(7,8)9)57-76(85)63-33-17-14-18-34-63)70-40-30-41-74-73-39-21-24-44-79(73)101(94(70)74)77-42-22-19-37-71(77)72-38-20-23-43-78(72)101/h13-61H,1-12H3. The highest BCUT2D eigenvalue weighted by Crippen LogP contribution is 2.65. The van der Waals surface area contributed by atoms with Gasteiger partial charge >= 0.3 is 0 Å². The molecule has 14 aromatic carbocycles. The van der Waals surface area contributed by atoms with Crippen LogP contribution in [0.5, 0.6) is 11.5 Å². The first-order valence-corrected chi connectivity index (χ1v) is 38.4. The van der Waals surface area contributed by atoms with Crippen LogP contribution in [0.2, 0.25) is 0 Å². The summed E-state index contributed by atoms with van der Waals surface area (Å²) in [6.45, 7) is 27.7. The molecule has 0 unspecified atom stereocenters. The van der Waals surface area contributed by atoms with Crippen molar-refractivity contribution in [3.05, 3.63) is 342 Å². The van der Waals surface area contributed by atoms with Crippen LogP contribution >= 0.6 is 0 Å². The third kappa shape index (κ3) is 9.63. The number of fused-ring (bicyclic) bond motifs is 18. The zero-order valence-corrected chi connectivity index (χ0v) is 63.2. The maximum Gasteiger partial charge on any atom is 0.256 e. The van der Waals surface area contributed by atoms with Gasteiger partial charge in [-0.1, -0.05) is 301 Å². The van der Waals surface area contributed by atoms with Gasteiger partial charge < -0.3 is 19.4 Å². The molecule has 6 heteroatoms. The van der Waals surface area contributed by atoms with Crippen molar-refractivity contribution in [3.8, 4) is 67.1 Å². The molecule has 107 heavy (non-hydrogen) atoms. The third-order valence-corrected chi connectivity index (χ3v) is 24.3. The van der Waals surface area contributed by atoms with Gasteiger partial charge in [0.1, 0.15) is 11.5 Å². The van der Waals surface area contributed by atoms with Gasteiger partial charge in [-0.3, -0.25) is 0 Å². The summed E-state index contributed by atoms with van der Waals surface area (Å²) in [5.41, 5.74) is 38.8. The van der Waals surface area contributed by atoms with Crippen molar-refractivity contribution in [2.24, 2.45) is 0 Å². The van der Waals surface area contributed by atoms with Crippen molar-refractivity contribution >= 4 is 97.4 Å². The van der Waals surface area contributed by atoms with Crippen molar-refractivity contribution < 1.29 is 4.74 Å². The van der Waals surface area contributed by atoms with E-state index in [2.05, 4.69) is 395 Å². The maximum atomic E-state index is 7.31. The summed E-state index contributed by atoms with van der Waals surface area (Å²) in [4.78, 5) is 8.03. The van der Waals surface area contributed by atoms with Crippen LogP contribution in [0.25, 0.3) is 55.6 Å². The molecule has 516 valence electrons. The number of hydrogen-bond acceptors (Lipinski definition) is 4. The fourth-order valence-corrected chi connectivity index (χ4v) is 19.1. The fraction of sp³-hybridized carbons (Fsp3) is 0.168. The van der Waals surface area contributed by atoms with Gasteiger partial charge in [-0.25, -0.2) is 0 Å². The molecule has 4 nitrogen and oxygen atoms in total. The van der Waals surface area contributed by atoms with Crippen molar-refractivity contribution in [1.82, 2.24) is 0 Å². The van der Waals surface area contributed by atoms with E-state index >= 15 is 0 Å². The first-order chi connectivity index (χ1) is 51.6. The molecule has 4 heterocycles. The second-order valence-electron chi connectivity index (χ2n) is 34.7. The minimum Gasteiger partial charge on any atom is -0.458 e. The van der Waals surface area contributed by atoms with E-state index in [1.54, 1.807) is 0 Å². The zero-order chi connectivity index (χ0) is 72.9. The Labute approximate surface area is 631 Å². The number of hydrogen-bond donors (Lipinski definition) is 0. The molecule has 2 aliphatic carbocycles. The van der Waals surface area contributed by atoms with Crippen LogP contribution in [0.1, 0.15) is 128 Å². The number of nitrogens with zero attached hydrogens (tertiary/aromatic N) is 3. The van der Waals surface area contributed by atoms with Crippen LogP contribution in [0.3, 0.4) is 0 Å². The second kappa shape index (κ2) is 23.2. The van der Waals surface area contributed by atoms with E-state index < -0.39 is 5.41 Å². The van der Waals surface area contributed by atoms with Crippen molar-refractivity contribution in [2.75, 3.05) is 14.7 Å². The number of para-hydroxylation sites is 2. The van der Waals surface area contributed by atoms with Crippen LogP contribution < -0.4 is 52.2 Å². The minimum absolute atomic E-state index is 0.126. The predicted octanol–water partition coefficient (Wildman–Crippen LogP) is 22.7. The topological polar surface area (TPSA) is 19.0 Å². The zero-order valence-electron chi connectivity index (χ0n) is 63.2. The summed E-state index contributed by atoms with van der Waals surface area (Å²) < 4.78 is 7.31. The second-order valence-corrected chi connectivity index (χ2v) is 34.7. The van der Waals surface area contributed by atoms with Gasteiger partial charge in [0.25, 0.3) is 13.4 Å². The highest BCUT2D eigenvalue weighted by atomic mass is 16.5. The molecule has 6 aliphatic rings. The molecule has 0 N–H and O–H groups in total. The van der Waals surface area contributed by atoms with Crippen LogP contribution in [-0.4, -0.2) is 13.4 Å². The Morgan fingerprint density at radius 2 is 0.701 bits per heavy atom. The predicted molar refractivity (Wildman–Crippen MR) is 454 cm³/mol. The monoisotopic (exact) mass is 1380 g/mol. The third-order valence-electron chi connectivity index (χ3n) is 24.3. The summed E-state index contributed by atoms with van der Waals surface area (Å²) in [6, 6.07) is 115. The normalized spacial score (nSPS) is 14.4. The summed E-state index contributed by atoms with van der Waals surface area (Å²) in [6.07, 6.45) is 0. The van der Waals surface area contributed by atoms with Gasteiger partial charge in [-0.2, -0.15) is 0 Å². The van der Waals surface area contributed by atoms with Crippen molar-refractivity contribution in [2.45, 2.75) is 110 Å². The van der Waals surface area contributed by atoms with Gasteiger partial charge in [0.05, 0.1) is 16.8 Å². The van der Waals surface area contributed by atoms with Gasteiger partial charge in [-0.15, -0.1) is 0 Å². The highest BCUT2D eigenvalue weighted by Gasteiger charge is 2.54. The molecule has 0 fully saturated rings. The fourth-order valence-electron chi connectivity index (χ4n) is 19.1. The van der Waals surface area contributed by atoms with Gasteiger partial charge in [0.15, 0.2) is 0 Å². The van der Waals surface area contributed by atoms with Crippen molar-refractivity contribution in [1.29, 1.82) is 0 Å². The van der Waals surface area contributed by atoms with Crippen LogP contribution in [-0.2, 0) is 27.1 Å². The molecule has 0 amide bonds. The molecule has 20 rings (SSSR count). The quantitative estimate of drug-likeness (QED) is 0.154. The molecule has 0 saturated heterocycles. The summed E-state index contributed by atoms with van der Waals surface area (Å²) in [5.74, 6) is 1.81. The summed E-state index contributed by atoms with van der Waals surface area (Å²) in [7, 11) is 0. The van der Waals surface area contributed by atoms with Gasteiger partial charge in [0, 0.05) is 50.9 Å².